The van der Waals surface area contributed by atoms with Gasteiger partial charge >= 0.3 is 6.03 Å². The van der Waals surface area contributed by atoms with Gasteiger partial charge in [-0.05, 0) is 18.4 Å². The predicted molar refractivity (Wildman–Crippen MR) is 89.3 cm³/mol. The monoisotopic (exact) mass is 343 g/mol. The first-order chi connectivity index (χ1) is 12.1. The lowest BCUT2D eigenvalue weighted by atomic mass is 9.97. The highest BCUT2D eigenvalue weighted by Gasteiger charge is 2.27. The maximum absolute atomic E-state index is 12.3. The topological polar surface area (TPSA) is 114 Å². The van der Waals surface area contributed by atoms with Gasteiger partial charge in [-0.15, -0.1) is 0 Å². The summed E-state index contributed by atoms with van der Waals surface area (Å²) >= 11 is 0. The molecule has 1 aliphatic rings. The lowest BCUT2D eigenvalue weighted by Gasteiger charge is -2.30. The van der Waals surface area contributed by atoms with E-state index in [1.54, 1.807) is 0 Å². The van der Waals surface area contributed by atoms with Crippen molar-refractivity contribution in [2.75, 3.05) is 13.1 Å². The number of rotatable bonds is 5. The van der Waals surface area contributed by atoms with Crippen molar-refractivity contribution in [1.82, 2.24) is 20.4 Å². The number of hydrogen-bond acceptors (Lipinski definition) is 5. The van der Waals surface area contributed by atoms with Crippen molar-refractivity contribution in [3.8, 4) is 0 Å². The Bertz CT molecular complexity index is 731. The Morgan fingerprint density at radius 3 is 2.88 bits per heavy atom. The Hall–Kier alpha value is -2.90. The Kier molecular flexibility index (Phi) is 5.27. The lowest BCUT2D eigenvalue weighted by Crippen LogP contribution is -2.47. The molecule has 8 nitrogen and oxygen atoms in total. The van der Waals surface area contributed by atoms with Gasteiger partial charge in [-0.1, -0.05) is 35.5 Å². The smallest absolute Gasteiger partial charge is 0.314 e. The highest BCUT2D eigenvalue weighted by atomic mass is 16.5. The summed E-state index contributed by atoms with van der Waals surface area (Å²) in [6, 6.07) is 9.33. The minimum Gasteiger partial charge on any atom is -0.351 e. The molecule has 0 unspecified atom stereocenters. The number of primary amides is 1. The van der Waals surface area contributed by atoms with Crippen LogP contribution in [-0.4, -0.2) is 40.1 Å². The minimum atomic E-state index is -0.485. The van der Waals surface area contributed by atoms with E-state index in [9.17, 15) is 9.59 Å². The lowest BCUT2D eigenvalue weighted by molar-refractivity contribution is -0.126. The number of piperidine rings is 1. The number of nitrogens with zero attached hydrogens (tertiary/aromatic N) is 3. The Labute approximate surface area is 145 Å². The third-order valence-electron chi connectivity index (χ3n) is 4.23. The quantitative estimate of drug-likeness (QED) is 0.843. The fraction of sp³-hybridized carbons (Fsp3) is 0.412. The Morgan fingerprint density at radius 1 is 1.32 bits per heavy atom. The maximum atomic E-state index is 12.3. The molecular weight excluding hydrogens is 322 g/mol. The molecule has 3 amide bonds. The summed E-state index contributed by atoms with van der Waals surface area (Å²) in [6.07, 6.45) is 2.06. The molecule has 1 aromatic heterocycles. The molecule has 3 rings (SSSR count). The molecule has 1 aliphatic heterocycles. The molecule has 132 valence electrons. The fourth-order valence-corrected chi connectivity index (χ4v) is 2.91. The largest absolute Gasteiger partial charge is 0.351 e. The molecule has 2 aromatic rings. The number of hydrogen-bond donors (Lipinski definition) is 2. The molecule has 25 heavy (non-hydrogen) atoms. The van der Waals surface area contributed by atoms with E-state index >= 15 is 0 Å². The number of likely N-dealkylation sites (tertiary alicyclic amines) is 1. The average molecular weight is 343 g/mol. The second kappa shape index (κ2) is 7.78. The molecule has 0 saturated carbocycles. The number of nitrogens with one attached hydrogen (secondary N) is 1. The second-order valence-electron chi connectivity index (χ2n) is 6.11. The van der Waals surface area contributed by atoms with Crippen molar-refractivity contribution < 1.29 is 14.1 Å². The van der Waals surface area contributed by atoms with Crippen molar-refractivity contribution in [2.24, 2.45) is 11.7 Å². The third-order valence-corrected chi connectivity index (χ3v) is 4.23. The molecule has 8 heteroatoms. The molecule has 0 radical (unpaired) electrons. The normalized spacial score (nSPS) is 17.3. The van der Waals surface area contributed by atoms with Gasteiger partial charge in [0.15, 0.2) is 5.82 Å². The van der Waals surface area contributed by atoms with Crippen molar-refractivity contribution in [2.45, 2.75) is 25.8 Å². The number of benzene rings is 1. The van der Waals surface area contributed by atoms with E-state index in [2.05, 4.69) is 15.5 Å². The van der Waals surface area contributed by atoms with Gasteiger partial charge in [0.2, 0.25) is 11.8 Å². The Balaban J connectivity index is 1.50. The van der Waals surface area contributed by atoms with Crippen LogP contribution in [0.1, 0.15) is 30.1 Å². The standard InChI is InChI=1S/C17H21N5O3/c18-17(24)22-8-4-7-13(11-22)16(23)19-10-14-20-15(25-21-14)9-12-5-2-1-3-6-12/h1-3,5-6,13H,4,7-11H2,(H2,18,24)(H,19,23)/t13-/m1/s1. The van der Waals surface area contributed by atoms with Gasteiger partial charge in [0, 0.05) is 13.1 Å². The molecule has 2 heterocycles. The molecule has 0 aliphatic carbocycles. The number of amides is 3. The van der Waals surface area contributed by atoms with Crippen LogP contribution in [0.3, 0.4) is 0 Å². The molecule has 1 saturated heterocycles. The van der Waals surface area contributed by atoms with E-state index in [0.717, 1.165) is 18.4 Å². The van der Waals surface area contributed by atoms with Crippen LogP contribution in [0.2, 0.25) is 0 Å². The maximum Gasteiger partial charge on any atom is 0.314 e. The summed E-state index contributed by atoms with van der Waals surface area (Å²) in [5, 5.41) is 6.69. The van der Waals surface area contributed by atoms with E-state index in [1.165, 1.54) is 4.90 Å². The summed E-state index contributed by atoms with van der Waals surface area (Å²) in [5.74, 6) is 0.562. The number of urea groups is 1. The summed E-state index contributed by atoms with van der Waals surface area (Å²) in [4.78, 5) is 29.3. The van der Waals surface area contributed by atoms with E-state index in [0.29, 0.717) is 31.2 Å². The predicted octanol–water partition coefficient (Wildman–Crippen LogP) is 1.07. The summed E-state index contributed by atoms with van der Waals surface area (Å²) in [6.45, 7) is 1.16. The van der Waals surface area contributed by atoms with Crippen molar-refractivity contribution in [1.29, 1.82) is 0 Å². The van der Waals surface area contributed by atoms with Gasteiger partial charge in [-0.2, -0.15) is 4.98 Å². The zero-order chi connectivity index (χ0) is 17.6. The SMILES string of the molecule is NC(=O)N1CCC[C@@H](C(=O)NCc2noc(Cc3ccccc3)n2)C1. The number of aromatic nitrogens is 2. The number of carbonyl (C=O) groups excluding carboxylic acids is 2. The van der Waals surface area contributed by atoms with Crippen LogP contribution in [0.4, 0.5) is 4.79 Å². The van der Waals surface area contributed by atoms with E-state index in [4.69, 9.17) is 10.3 Å². The third kappa shape index (κ3) is 4.56. The molecule has 0 bridgehead atoms. The first kappa shape index (κ1) is 16.9. The van der Waals surface area contributed by atoms with Crippen molar-refractivity contribution >= 4 is 11.9 Å². The first-order valence-electron chi connectivity index (χ1n) is 8.29. The zero-order valence-electron chi connectivity index (χ0n) is 13.9. The zero-order valence-corrected chi connectivity index (χ0v) is 13.9. The van der Waals surface area contributed by atoms with Crippen molar-refractivity contribution in [3.05, 3.63) is 47.6 Å². The molecule has 1 fully saturated rings. The van der Waals surface area contributed by atoms with Crippen LogP contribution in [0.15, 0.2) is 34.9 Å². The van der Waals surface area contributed by atoms with Gasteiger partial charge in [-0.25, -0.2) is 4.79 Å². The molecular formula is C17H21N5O3. The number of nitrogens with two attached hydrogens (primary N) is 1. The van der Waals surface area contributed by atoms with Crippen LogP contribution in [-0.2, 0) is 17.8 Å². The number of carbonyl (C=O) groups is 2. The molecule has 3 N–H and O–H groups in total. The van der Waals surface area contributed by atoms with Crippen LogP contribution in [0.5, 0.6) is 0 Å². The van der Waals surface area contributed by atoms with Gasteiger partial charge in [0.1, 0.15) is 0 Å². The molecule has 1 atom stereocenters. The minimum absolute atomic E-state index is 0.125. The van der Waals surface area contributed by atoms with Gasteiger partial charge in [0.25, 0.3) is 0 Å². The second-order valence-corrected chi connectivity index (χ2v) is 6.11. The van der Waals surface area contributed by atoms with Crippen LogP contribution in [0, 0.1) is 5.92 Å². The van der Waals surface area contributed by atoms with Crippen LogP contribution < -0.4 is 11.1 Å². The van der Waals surface area contributed by atoms with Gasteiger partial charge in [0.05, 0.1) is 18.9 Å². The molecule has 1 aromatic carbocycles. The summed E-state index contributed by atoms with van der Waals surface area (Å²) in [7, 11) is 0. The van der Waals surface area contributed by atoms with Gasteiger partial charge < -0.3 is 20.5 Å². The fourth-order valence-electron chi connectivity index (χ4n) is 2.91. The van der Waals surface area contributed by atoms with E-state index in [1.807, 2.05) is 30.3 Å². The van der Waals surface area contributed by atoms with Crippen molar-refractivity contribution in [3.63, 3.8) is 0 Å². The summed E-state index contributed by atoms with van der Waals surface area (Å²) in [5.41, 5.74) is 6.36. The average Bonchev–Trinajstić information content (AvgIpc) is 3.08. The van der Waals surface area contributed by atoms with E-state index < -0.39 is 6.03 Å². The first-order valence-corrected chi connectivity index (χ1v) is 8.29. The van der Waals surface area contributed by atoms with Gasteiger partial charge in [-0.3, -0.25) is 4.79 Å². The highest BCUT2D eigenvalue weighted by Crippen LogP contribution is 2.16. The highest BCUT2D eigenvalue weighted by molar-refractivity contribution is 5.80. The van der Waals surface area contributed by atoms with Crippen LogP contribution >= 0.6 is 0 Å². The molecule has 0 spiro atoms. The van der Waals surface area contributed by atoms with E-state index in [-0.39, 0.29) is 18.4 Å². The summed E-state index contributed by atoms with van der Waals surface area (Å²) < 4.78 is 5.21. The Morgan fingerprint density at radius 2 is 2.12 bits per heavy atom. The van der Waals surface area contributed by atoms with Crippen LogP contribution in [0.25, 0.3) is 0 Å².